The molecule has 1 aromatic carbocycles. The van der Waals surface area contributed by atoms with Crippen LogP contribution in [0, 0.1) is 0 Å². The molecule has 94 valence electrons. The molecule has 4 aromatic rings. The van der Waals surface area contributed by atoms with Crippen molar-refractivity contribution in [1.82, 2.24) is 24.6 Å². The zero-order valence-electron chi connectivity index (χ0n) is 9.54. The number of aromatic amines is 2. The van der Waals surface area contributed by atoms with Gasteiger partial charge in [-0.25, -0.2) is 9.31 Å². The normalized spacial score (nSPS) is 11.6. The van der Waals surface area contributed by atoms with Crippen LogP contribution in [0.5, 0.6) is 0 Å². The van der Waals surface area contributed by atoms with Gasteiger partial charge in [-0.2, -0.15) is 4.98 Å². The molecule has 0 radical (unpaired) electrons. The molecular weight excluding hydrogens is 264 g/mol. The van der Waals surface area contributed by atoms with Gasteiger partial charge in [-0.05, 0) is 12.1 Å². The number of thiazole rings is 1. The molecule has 7 nitrogen and oxygen atoms in total. The first kappa shape index (κ1) is 10.3. The topological polar surface area (TPSA) is 105 Å². The summed E-state index contributed by atoms with van der Waals surface area (Å²) in [7, 11) is 0. The fourth-order valence-electron chi connectivity index (χ4n) is 2.09. The lowest BCUT2D eigenvalue weighted by molar-refractivity contribution is 0.993. The standard InChI is InChI=1S/C11H8N6OS/c12-9-15-11-17(16-9)8(4-19-11)5-1-2-6-7(3-5)14-10(18)13-6/h1-4H,(H2,12,16)(H2,13,14,18). The van der Waals surface area contributed by atoms with Crippen molar-refractivity contribution < 1.29 is 0 Å². The van der Waals surface area contributed by atoms with Crippen molar-refractivity contribution in [3.63, 3.8) is 0 Å². The zero-order chi connectivity index (χ0) is 13.0. The van der Waals surface area contributed by atoms with Gasteiger partial charge >= 0.3 is 5.69 Å². The van der Waals surface area contributed by atoms with Crippen LogP contribution in [-0.2, 0) is 0 Å². The van der Waals surface area contributed by atoms with Crippen LogP contribution in [0.1, 0.15) is 0 Å². The summed E-state index contributed by atoms with van der Waals surface area (Å²) in [6.45, 7) is 0. The summed E-state index contributed by atoms with van der Waals surface area (Å²) in [5, 5.41) is 6.11. The molecule has 4 rings (SSSR count). The average Bonchev–Trinajstić information content (AvgIpc) is 3.00. The molecule has 19 heavy (non-hydrogen) atoms. The molecule has 0 atom stereocenters. The lowest BCUT2D eigenvalue weighted by Crippen LogP contribution is -1.99. The fraction of sp³-hybridized carbons (Fsp3) is 0. The highest BCUT2D eigenvalue weighted by molar-refractivity contribution is 7.15. The summed E-state index contributed by atoms with van der Waals surface area (Å²) in [5.41, 5.74) is 8.75. The van der Waals surface area contributed by atoms with E-state index >= 15 is 0 Å². The molecule has 0 aliphatic rings. The van der Waals surface area contributed by atoms with E-state index in [2.05, 4.69) is 20.1 Å². The van der Waals surface area contributed by atoms with Crippen molar-refractivity contribution >= 4 is 33.3 Å². The molecule has 0 unspecified atom stereocenters. The second-order valence-corrected chi connectivity index (χ2v) is 4.96. The van der Waals surface area contributed by atoms with Crippen LogP contribution in [0.25, 0.3) is 27.3 Å². The second kappa shape index (κ2) is 3.45. The summed E-state index contributed by atoms with van der Waals surface area (Å²) in [6, 6.07) is 5.67. The highest BCUT2D eigenvalue weighted by Gasteiger charge is 2.11. The number of nitrogens with one attached hydrogen (secondary N) is 2. The maximum absolute atomic E-state index is 11.2. The van der Waals surface area contributed by atoms with Crippen LogP contribution in [0.4, 0.5) is 5.95 Å². The minimum atomic E-state index is -0.215. The maximum Gasteiger partial charge on any atom is 0.323 e. The lowest BCUT2D eigenvalue weighted by Gasteiger charge is -1.98. The molecular formula is C11H8N6OS. The van der Waals surface area contributed by atoms with Crippen molar-refractivity contribution in [2.24, 2.45) is 0 Å². The minimum Gasteiger partial charge on any atom is -0.366 e. The van der Waals surface area contributed by atoms with Gasteiger partial charge in [0.25, 0.3) is 0 Å². The number of nitrogens with two attached hydrogens (primary N) is 1. The molecule has 0 saturated heterocycles. The summed E-state index contributed by atoms with van der Waals surface area (Å²) < 4.78 is 1.70. The number of hydrogen-bond donors (Lipinski definition) is 3. The van der Waals surface area contributed by atoms with E-state index in [1.54, 1.807) is 4.52 Å². The summed E-state index contributed by atoms with van der Waals surface area (Å²) >= 11 is 1.47. The highest BCUT2D eigenvalue weighted by Crippen LogP contribution is 2.26. The van der Waals surface area contributed by atoms with Gasteiger partial charge in [0.15, 0.2) is 0 Å². The number of imidazole rings is 1. The van der Waals surface area contributed by atoms with Crippen LogP contribution in [0.2, 0.25) is 0 Å². The Morgan fingerprint density at radius 1 is 1.26 bits per heavy atom. The van der Waals surface area contributed by atoms with E-state index in [4.69, 9.17) is 5.73 Å². The van der Waals surface area contributed by atoms with Gasteiger partial charge in [-0.1, -0.05) is 6.07 Å². The second-order valence-electron chi connectivity index (χ2n) is 4.12. The molecule has 0 saturated carbocycles. The zero-order valence-corrected chi connectivity index (χ0v) is 10.4. The lowest BCUT2D eigenvalue weighted by atomic mass is 10.1. The molecule has 0 spiro atoms. The third kappa shape index (κ3) is 1.47. The number of nitrogen functional groups attached to an aromatic ring is 1. The van der Waals surface area contributed by atoms with Gasteiger partial charge in [-0.3, -0.25) is 0 Å². The van der Waals surface area contributed by atoms with E-state index in [0.29, 0.717) is 0 Å². The Bertz CT molecular complexity index is 958. The minimum absolute atomic E-state index is 0.215. The van der Waals surface area contributed by atoms with Gasteiger partial charge < -0.3 is 15.7 Å². The van der Waals surface area contributed by atoms with E-state index in [0.717, 1.165) is 27.3 Å². The third-order valence-electron chi connectivity index (χ3n) is 2.91. The SMILES string of the molecule is Nc1nc2scc(-c3ccc4[nH]c(=O)[nH]c4c3)n2n1. The van der Waals surface area contributed by atoms with Gasteiger partial charge in [0, 0.05) is 10.9 Å². The molecule has 8 heteroatoms. The van der Waals surface area contributed by atoms with Gasteiger partial charge in [0.1, 0.15) is 0 Å². The monoisotopic (exact) mass is 272 g/mol. The Balaban J connectivity index is 1.99. The molecule has 0 amide bonds. The highest BCUT2D eigenvalue weighted by atomic mass is 32.1. The molecule has 3 heterocycles. The van der Waals surface area contributed by atoms with Crippen LogP contribution < -0.4 is 11.4 Å². The number of benzene rings is 1. The van der Waals surface area contributed by atoms with E-state index < -0.39 is 0 Å². The number of anilines is 1. The average molecular weight is 272 g/mol. The van der Waals surface area contributed by atoms with Gasteiger partial charge in [0.2, 0.25) is 10.9 Å². The number of rotatable bonds is 1. The van der Waals surface area contributed by atoms with E-state index in [1.165, 1.54) is 11.3 Å². The number of H-pyrrole nitrogens is 2. The summed E-state index contributed by atoms with van der Waals surface area (Å²) in [4.78, 5) is 21.6. The van der Waals surface area contributed by atoms with E-state index in [9.17, 15) is 4.79 Å². The van der Waals surface area contributed by atoms with Crippen molar-refractivity contribution in [2.75, 3.05) is 5.73 Å². The van der Waals surface area contributed by atoms with Crippen molar-refractivity contribution in [3.05, 3.63) is 34.1 Å². The maximum atomic E-state index is 11.2. The van der Waals surface area contributed by atoms with Crippen LogP contribution in [0.15, 0.2) is 28.4 Å². The van der Waals surface area contributed by atoms with Gasteiger partial charge in [-0.15, -0.1) is 16.4 Å². The number of nitrogens with zero attached hydrogens (tertiary/aromatic N) is 3. The first-order valence-electron chi connectivity index (χ1n) is 5.53. The number of aromatic nitrogens is 5. The predicted octanol–water partition coefficient (Wildman–Crippen LogP) is 1.21. The Morgan fingerprint density at radius 2 is 2.11 bits per heavy atom. The Labute approximate surface area is 109 Å². The molecule has 0 bridgehead atoms. The Hall–Kier alpha value is -2.61. The van der Waals surface area contributed by atoms with Crippen molar-refractivity contribution in [1.29, 1.82) is 0 Å². The molecule has 3 aromatic heterocycles. The van der Waals surface area contributed by atoms with Crippen molar-refractivity contribution in [2.45, 2.75) is 0 Å². The van der Waals surface area contributed by atoms with Crippen LogP contribution in [0.3, 0.4) is 0 Å². The molecule has 0 aliphatic carbocycles. The molecule has 4 N–H and O–H groups in total. The largest absolute Gasteiger partial charge is 0.366 e. The predicted molar refractivity (Wildman–Crippen MR) is 73.2 cm³/mol. The smallest absolute Gasteiger partial charge is 0.323 e. The first-order chi connectivity index (χ1) is 9.20. The van der Waals surface area contributed by atoms with Crippen LogP contribution in [-0.4, -0.2) is 24.6 Å². The van der Waals surface area contributed by atoms with Gasteiger partial charge in [0.05, 0.1) is 16.7 Å². The third-order valence-corrected chi connectivity index (χ3v) is 3.73. The summed E-state index contributed by atoms with van der Waals surface area (Å²) in [5.74, 6) is 0.254. The Morgan fingerprint density at radius 3 is 3.00 bits per heavy atom. The Kier molecular flexibility index (Phi) is 1.88. The first-order valence-corrected chi connectivity index (χ1v) is 6.41. The number of fused-ring (bicyclic) bond motifs is 2. The number of hydrogen-bond acceptors (Lipinski definition) is 5. The van der Waals surface area contributed by atoms with E-state index in [-0.39, 0.29) is 11.6 Å². The van der Waals surface area contributed by atoms with Crippen LogP contribution >= 0.6 is 11.3 Å². The quantitative estimate of drug-likeness (QED) is 0.484. The fourth-order valence-corrected chi connectivity index (χ4v) is 2.92. The van der Waals surface area contributed by atoms with E-state index in [1.807, 2.05) is 23.6 Å². The summed E-state index contributed by atoms with van der Waals surface area (Å²) in [6.07, 6.45) is 0. The molecule has 0 fully saturated rings. The van der Waals surface area contributed by atoms with Crippen molar-refractivity contribution in [3.8, 4) is 11.3 Å². The molecule has 0 aliphatic heterocycles.